The maximum Gasteiger partial charge on any atom is 0.410 e. The molecule has 2 rings (SSSR count). The van der Waals surface area contributed by atoms with Gasteiger partial charge in [-0.2, -0.15) is 0 Å². The summed E-state index contributed by atoms with van der Waals surface area (Å²) in [6.45, 7) is 14.0. The molecule has 23 heavy (non-hydrogen) atoms. The Morgan fingerprint density at radius 1 is 0.957 bits per heavy atom. The number of nitrogens with zero attached hydrogens (tertiary/aromatic N) is 1. The van der Waals surface area contributed by atoms with E-state index in [-0.39, 0.29) is 23.9 Å². The highest BCUT2D eigenvalue weighted by Gasteiger charge is 2.46. The molecule has 0 aromatic carbocycles. The number of hydrogen-bond donors (Lipinski definition) is 1. The third kappa shape index (κ3) is 4.83. The van der Waals surface area contributed by atoms with Gasteiger partial charge in [0.1, 0.15) is 11.2 Å². The Labute approximate surface area is 138 Å². The summed E-state index contributed by atoms with van der Waals surface area (Å²) in [5.41, 5.74) is -0.942. The lowest BCUT2D eigenvalue weighted by molar-refractivity contribution is -0.162. The summed E-state index contributed by atoms with van der Waals surface area (Å²) >= 11 is 0. The topological polar surface area (TPSA) is 67.9 Å². The third-order valence-corrected chi connectivity index (χ3v) is 4.14. The molecule has 0 bridgehead atoms. The minimum absolute atomic E-state index is 0.125. The maximum absolute atomic E-state index is 12.4. The first kappa shape index (κ1) is 18.0. The van der Waals surface area contributed by atoms with E-state index >= 15 is 0 Å². The van der Waals surface area contributed by atoms with Crippen LogP contribution in [-0.4, -0.2) is 54.3 Å². The van der Waals surface area contributed by atoms with Gasteiger partial charge in [0.05, 0.1) is 5.92 Å². The molecule has 2 fully saturated rings. The van der Waals surface area contributed by atoms with Crippen molar-refractivity contribution in [2.45, 2.75) is 52.7 Å². The molecule has 2 aliphatic heterocycles. The zero-order valence-electron chi connectivity index (χ0n) is 15.1. The van der Waals surface area contributed by atoms with E-state index < -0.39 is 11.2 Å². The smallest absolute Gasteiger partial charge is 0.410 e. The van der Waals surface area contributed by atoms with E-state index in [2.05, 4.69) is 5.32 Å². The van der Waals surface area contributed by atoms with Gasteiger partial charge in [-0.25, -0.2) is 4.79 Å². The summed E-state index contributed by atoms with van der Waals surface area (Å²) in [5, 5.41) is 3.28. The monoisotopic (exact) mass is 326 g/mol. The third-order valence-electron chi connectivity index (χ3n) is 4.14. The summed E-state index contributed by atoms with van der Waals surface area (Å²) in [7, 11) is 0. The first-order chi connectivity index (χ1) is 10.5. The van der Waals surface area contributed by atoms with Crippen LogP contribution in [0.25, 0.3) is 0 Å². The van der Waals surface area contributed by atoms with Crippen molar-refractivity contribution >= 4 is 12.1 Å². The molecule has 6 heteroatoms. The number of rotatable bonds is 2. The first-order valence-electron chi connectivity index (χ1n) is 8.38. The Morgan fingerprint density at radius 2 is 1.52 bits per heavy atom. The highest BCUT2D eigenvalue weighted by molar-refractivity contribution is 5.74. The fraction of sp³-hybridized carbons (Fsp3) is 0.882. The Bertz CT molecular complexity index is 458. The number of likely N-dealkylation sites (tertiary alicyclic amines) is 1. The molecule has 0 aromatic heterocycles. The van der Waals surface area contributed by atoms with Crippen LogP contribution in [0, 0.1) is 17.8 Å². The second kappa shape index (κ2) is 6.30. The van der Waals surface area contributed by atoms with E-state index in [1.165, 1.54) is 0 Å². The summed E-state index contributed by atoms with van der Waals surface area (Å²) in [6, 6.07) is 0. The van der Waals surface area contributed by atoms with Crippen molar-refractivity contribution < 1.29 is 19.1 Å². The van der Waals surface area contributed by atoms with Gasteiger partial charge < -0.3 is 19.7 Å². The van der Waals surface area contributed by atoms with Crippen LogP contribution in [0.3, 0.4) is 0 Å². The Kier molecular flexibility index (Phi) is 4.95. The van der Waals surface area contributed by atoms with Gasteiger partial charge >= 0.3 is 12.1 Å². The number of ether oxygens (including phenoxy) is 2. The normalized spacial score (nSPS) is 25.9. The van der Waals surface area contributed by atoms with Crippen molar-refractivity contribution in [1.29, 1.82) is 0 Å². The van der Waals surface area contributed by atoms with Crippen molar-refractivity contribution in [2.75, 3.05) is 26.2 Å². The standard InChI is InChI=1S/C17H30N2O4/c1-16(2,3)22-14(20)13-8-18-7-12(13)11-9-19(10-11)15(21)23-17(4,5)6/h11-13,18H,7-10H2,1-6H3. The predicted molar refractivity (Wildman–Crippen MR) is 87.0 cm³/mol. The molecule has 1 amide bonds. The molecule has 0 spiro atoms. The molecular formula is C17H30N2O4. The minimum atomic E-state index is -0.476. The predicted octanol–water partition coefficient (Wildman–Crippen LogP) is 2.03. The summed E-state index contributed by atoms with van der Waals surface area (Å²) in [5.74, 6) is 0.293. The van der Waals surface area contributed by atoms with Crippen LogP contribution < -0.4 is 5.32 Å². The van der Waals surface area contributed by atoms with Crippen LogP contribution >= 0.6 is 0 Å². The molecule has 1 N–H and O–H groups in total. The van der Waals surface area contributed by atoms with Crippen LogP contribution in [0.2, 0.25) is 0 Å². The number of nitrogens with one attached hydrogen (secondary N) is 1. The summed E-state index contributed by atoms with van der Waals surface area (Å²) in [4.78, 5) is 26.1. The molecule has 6 nitrogen and oxygen atoms in total. The molecule has 2 saturated heterocycles. The Morgan fingerprint density at radius 3 is 2.04 bits per heavy atom. The SMILES string of the molecule is CC(C)(C)OC(=O)C1CNCC1C1CN(C(=O)OC(C)(C)C)C1. The minimum Gasteiger partial charge on any atom is -0.460 e. The average molecular weight is 326 g/mol. The van der Waals surface area contributed by atoms with Gasteiger partial charge in [-0.05, 0) is 59.9 Å². The molecule has 2 unspecified atom stereocenters. The number of carbonyl (C=O) groups is 2. The first-order valence-corrected chi connectivity index (χ1v) is 8.38. The molecule has 0 saturated carbocycles. The van der Waals surface area contributed by atoms with Gasteiger partial charge in [0.15, 0.2) is 0 Å². The molecule has 2 atom stereocenters. The van der Waals surface area contributed by atoms with Crippen LogP contribution in [-0.2, 0) is 14.3 Å². The quantitative estimate of drug-likeness (QED) is 0.787. The molecule has 0 aromatic rings. The van der Waals surface area contributed by atoms with E-state index in [4.69, 9.17) is 9.47 Å². The van der Waals surface area contributed by atoms with E-state index in [9.17, 15) is 9.59 Å². The summed E-state index contributed by atoms with van der Waals surface area (Å²) in [6.07, 6.45) is -0.270. The van der Waals surface area contributed by atoms with Crippen molar-refractivity contribution in [2.24, 2.45) is 17.8 Å². The lowest BCUT2D eigenvalue weighted by Gasteiger charge is -2.43. The van der Waals surface area contributed by atoms with Gasteiger partial charge in [-0.15, -0.1) is 0 Å². The van der Waals surface area contributed by atoms with E-state index in [1.807, 2.05) is 41.5 Å². The average Bonchev–Trinajstić information content (AvgIpc) is 2.70. The molecule has 2 aliphatic rings. The lowest BCUT2D eigenvalue weighted by Crippen LogP contribution is -2.55. The zero-order chi connectivity index (χ0) is 17.4. The van der Waals surface area contributed by atoms with Crippen LogP contribution in [0.4, 0.5) is 4.79 Å². The van der Waals surface area contributed by atoms with E-state index in [0.717, 1.165) is 6.54 Å². The summed E-state index contributed by atoms with van der Waals surface area (Å²) < 4.78 is 10.9. The second-order valence-electron chi connectivity index (χ2n) is 8.61. The fourth-order valence-corrected chi connectivity index (χ4v) is 3.09. The van der Waals surface area contributed by atoms with Crippen molar-refractivity contribution in [3.05, 3.63) is 0 Å². The number of amides is 1. The Balaban J connectivity index is 1.86. The van der Waals surface area contributed by atoms with Crippen LogP contribution in [0.15, 0.2) is 0 Å². The van der Waals surface area contributed by atoms with Gasteiger partial charge in [-0.1, -0.05) is 0 Å². The van der Waals surface area contributed by atoms with Crippen molar-refractivity contribution in [1.82, 2.24) is 10.2 Å². The molecule has 0 aliphatic carbocycles. The van der Waals surface area contributed by atoms with Crippen LogP contribution in [0.5, 0.6) is 0 Å². The molecule has 2 heterocycles. The number of carbonyl (C=O) groups excluding carboxylic acids is 2. The van der Waals surface area contributed by atoms with Gasteiger partial charge in [0.25, 0.3) is 0 Å². The molecular weight excluding hydrogens is 296 g/mol. The maximum atomic E-state index is 12.4. The highest BCUT2D eigenvalue weighted by atomic mass is 16.6. The van der Waals surface area contributed by atoms with E-state index in [1.54, 1.807) is 4.90 Å². The fourth-order valence-electron chi connectivity index (χ4n) is 3.09. The van der Waals surface area contributed by atoms with Gasteiger partial charge in [-0.3, -0.25) is 4.79 Å². The highest BCUT2D eigenvalue weighted by Crippen LogP contribution is 2.34. The van der Waals surface area contributed by atoms with Crippen molar-refractivity contribution in [3.8, 4) is 0 Å². The van der Waals surface area contributed by atoms with Gasteiger partial charge in [0.2, 0.25) is 0 Å². The number of esters is 1. The van der Waals surface area contributed by atoms with Crippen molar-refractivity contribution in [3.63, 3.8) is 0 Å². The molecule has 132 valence electrons. The Hall–Kier alpha value is -1.30. The van der Waals surface area contributed by atoms with Gasteiger partial charge in [0, 0.05) is 19.6 Å². The van der Waals surface area contributed by atoms with E-state index in [0.29, 0.717) is 25.6 Å². The number of hydrogen-bond acceptors (Lipinski definition) is 5. The molecule has 0 radical (unpaired) electrons. The zero-order valence-corrected chi connectivity index (χ0v) is 15.1. The largest absolute Gasteiger partial charge is 0.460 e. The lowest BCUT2D eigenvalue weighted by atomic mass is 9.79. The van der Waals surface area contributed by atoms with Crippen LogP contribution in [0.1, 0.15) is 41.5 Å². The second-order valence-corrected chi connectivity index (χ2v) is 8.61.